The molecule has 2 aromatic carbocycles. The second-order valence-electron chi connectivity index (χ2n) is 4.68. The van der Waals surface area contributed by atoms with E-state index in [1.807, 2.05) is 13.0 Å². The van der Waals surface area contributed by atoms with Crippen LogP contribution in [0.5, 0.6) is 0 Å². The third-order valence-electron chi connectivity index (χ3n) is 3.13. The van der Waals surface area contributed by atoms with Crippen molar-refractivity contribution in [2.45, 2.75) is 17.6 Å². The number of primary amides is 1. The van der Waals surface area contributed by atoms with E-state index in [0.29, 0.717) is 21.9 Å². The van der Waals surface area contributed by atoms with Gasteiger partial charge >= 0.3 is 0 Å². The van der Waals surface area contributed by atoms with Crippen LogP contribution in [-0.4, -0.2) is 10.1 Å². The van der Waals surface area contributed by atoms with Crippen molar-refractivity contribution in [2.24, 2.45) is 5.73 Å². The molecule has 2 aromatic rings. The lowest BCUT2D eigenvalue weighted by Gasteiger charge is -2.09. The maximum Gasteiger partial charge on any atom is 0.248 e. The van der Waals surface area contributed by atoms with E-state index in [1.165, 1.54) is 0 Å². The van der Waals surface area contributed by atoms with Crippen LogP contribution in [0.1, 0.15) is 21.5 Å². The molecule has 6 heteroatoms. The fraction of sp³-hybridized carbons (Fsp3) is 0.133. The highest BCUT2D eigenvalue weighted by Gasteiger charge is 2.12. The molecule has 0 heterocycles. The first-order chi connectivity index (χ1) is 9.88. The monoisotopic (exact) mass is 366 g/mol. The van der Waals surface area contributed by atoms with Crippen LogP contribution in [0.4, 0.5) is 5.69 Å². The molecule has 0 fully saturated rings. The molecule has 0 aromatic heterocycles. The van der Waals surface area contributed by atoms with Crippen LogP contribution < -0.4 is 11.5 Å². The largest absolute Gasteiger partial charge is 0.398 e. The SMILES string of the molecule is Cc1cc(C(N)=O)ccc1CS(=O)c1cc(Br)ccc1N. The number of anilines is 1. The zero-order valence-corrected chi connectivity index (χ0v) is 13.8. The quantitative estimate of drug-likeness (QED) is 0.815. The smallest absolute Gasteiger partial charge is 0.248 e. The minimum atomic E-state index is -1.26. The maximum absolute atomic E-state index is 12.5. The van der Waals surface area contributed by atoms with Gasteiger partial charge in [-0.05, 0) is 48.4 Å². The predicted octanol–water partition coefficient (Wildman–Crippen LogP) is 2.75. The summed E-state index contributed by atoms with van der Waals surface area (Å²) in [7, 11) is -1.26. The number of nitrogen functional groups attached to an aromatic ring is 1. The third-order valence-corrected chi connectivity index (χ3v) is 5.05. The van der Waals surface area contributed by atoms with Crippen molar-refractivity contribution in [3.8, 4) is 0 Å². The molecule has 0 saturated heterocycles. The first kappa shape index (κ1) is 15.7. The Kier molecular flexibility index (Phi) is 4.80. The summed E-state index contributed by atoms with van der Waals surface area (Å²) in [6, 6.07) is 10.4. The van der Waals surface area contributed by atoms with Crippen LogP contribution in [0.3, 0.4) is 0 Å². The normalized spacial score (nSPS) is 12.1. The molecule has 0 bridgehead atoms. The number of carbonyl (C=O) groups excluding carboxylic acids is 1. The van der Waals surface area contributed by atoms with Gasteiger partial charge in [0.05, 0.1) is 21.4 Å². The molecular weight excluding hydrogens is 352 g/mol. The number of nitrogens with two attached hydrogens (primary N) is 2. The van der Waals surface area contributed by atoms with Crippen LogP contribution in [0.2, 0.25) is 0 Å². The molecule has 4 nitrogen and oxygen atoms in total. The van der Waals surface area contributed by atoms with Crippen LogP contribution in [-0.2, 0) is 16.6 Å². The zero-order valence-electron chi connectivity index (χ0n) is 11.4. The Bertz CT molecular complexity index is 732. The van der Waals surface area contributed by atoms with Gasteiger partial charge in [-0.1, -0.05) is 22.0 Å². The highest BCUT2D eigenvalue weighted by Crippen LogP contribution is 2.24. The Balaban J connectivity index is 2.27. The van der Waals surface area contributed by atoms with Crippen molar-refractivity contribution in [3.05, 3.63) is 57.6 Å². The van der Waals surface area contributed by atoms with E-state index < -0.39 is 16.7 Å². The van der Waals surface area contributed by atoms with Crippen molar-refractivity contribution >= 4 is 38.3 Å². The summed E-state index contributed by atoms with van der Waals surface area (Å²) in [4.78, 5) is 11.7. The second kappa shape index (κ2) is 6.41. The molecule has 0 radical (unpaired) electrons. The summed E-state index contributed by atoms with van der Waals surface area (Å²) >= 11 is 3.35. The molecule has 0 spiro atoms. The van der Waals surface area contributed by atoms with E-state index in [0.717, 1.165) is 15.6 Å². The summed E-state index contributed by atoms with van der Waals surface area (Å²) < 4.78 is 13.3. The molecule has 4 N–H and O–H groups in total. The van der Waals surface area contributed by atoms with Crippen LogP contribution in [0, 0.1) is 6.92 Å². The third kappa shape index (κ3) is 3.71. The molecule has 1 amide bonds. The summed E-state index contributed by atoms with van der Waals surface area (Å²) in [6.07, 6.45) is 0. The standard InChI is InChI=1S/C15H15BrN2O2S/c1-9-6-10(15(18)19)2-3-11(9)8-21(20)14-7-12(16)4-5-13(14)17/h2-7H,8,17H2,1H3,(H2,18,19). The van der Waals surface area contributed by atoms with E-state index >= 15 is 0 Å². The van der Waals surface area contributed by atoms with Gasteiger partial charge in [0.2, 0.25) is 5.91 Å². The number of benzene rings is 2. The number of carbonyl (C=O) groups is 1. The second-order valence-corrected chi connectivity index (χ2v) is 7.01. The highest BCUT2D eigenvalue weighted by molar-refractivity contribution is 9.10. The molecule has 21 heavy (non-hydrogen) atoms. The van der Waals surface area contributed by atoms with Gasteiger partial charge in [0.25, 0.3) is 0 Å². The summed E-state index contributed by atoms with van der Waals surface area (Å²) in [6.45, 7) is 1.86. The van der Waals surface area contributed by atoms with Gasteiger partial charge in [-0.25, -0.2) is 0 Å². The topological polar surface area (TPSA) is 86.2 Å². The van der Waals surface area contributed by atoms with Gasteiger partial charge in [0.15, 0.2) is 0 Å². The van der Waals surface area contributed by atoms with Gasteiger partial charge in [-0.15, -0.1) is 0 Å². The number of aryl methyl sites for hydroxylation is 1. The highest BCUT2D eigenvalue weighted by atomic mass is 79.9. The Morgan fingerprint density at radius 3 is 2.57 bits per heavy atom. The lowest BCUT2D eigenvalue weighted by molar-refractivity contribution is 0.1000. The van der Waals surface area contributed by atoms with Crippen molar-refractivity contribution in [1.82, 2.24) is 0 Å². The lowest BCUT2D eigenvalue weighted by atomic mass is 10.1. The number of hydrogen-bond donors (Lipinski definition) is 2. The van der Waals surface area contributed by atoms with Gasteiger partial charge in [0, 0.05) is 15.7 Å². The number of amides is 1. The van der Waals surface area contributed by atoms with Crippen LogP contribution >= 0.6 is 15.9 Å². The molecule has 1 atom stereocenters. The fourth-order valence-corrected chi connectivity index (χ4v) is 3.80. The van der Waals surface area contributed by atoms with E-state index in [1.54, 1.807) is 30.3 Å². The Hall–Kier alpha value is -1.66. The van der Waals surface area contributed by atoms with Gasteiger partial charge in [0.1, 0.15) is 0 Å². The van der Waals surface area contributed by atoms with Crippen molar-refractivity contribution in [2.75, 3.05) is 5.73 Å². The van der Waals surface area contributed by atoms with Crippen LogP contribution in [0.25, 0.3) is 0 Å². The van der Waals surface area contributed by atoms with Crippen molar-refractivity contribution < 1.29 is 9.00 Å². The van der Waals surface area contributed by atoms with Crippen molar-refractivity contribution in [1.29, 1.82) is 0 Å². The number of hydrogen-bond acceptors (Lipinski definition) is 3. The van der Waals surface area contributed by atoms with Crippen LogP contribution in [0.15, 0.2) is 45.8 Å². The predicted molar refractivity (Wildman–Crippen MR) is 88.4 cm³/mol. The van der Waals surface area contributed by atoms with Gasteiger partial charge in [-0.2, -0.15) is 0 Å². The molecule has 0 aliphatic carbocycles. The number of halogens is 1. The molecule has 0 saturated carbocycles. The van der Waals surface area contributed by atoms with Gasteiger partial charge < -0.3 is 11.5 Å². The average Bonchev–Trinajstić information content (AvgIpc) is 2.43. The molecule has 110 valence electrons. The zero-order chi connectivity index (χ0) is 15.6. The summed E-state index contributed by atoms with van der Waals surface area (Å²) in [5, 5.41) is 0. The molecule has 0 aliphatic rings. The Morgan fingerprint density at radius 1 is 1.24 bits per heavy atom. The van der Waals surface area contributed by atoms with E-state index in [4.69, 9.17) is 11.5 Å². The van der Waals surface area contributed by atoms with E-state index in [2.05, 4.69) is 15.9 Å². The first-order valence-corrected chi connectivity index (χ1v) is 8.32. The Morgan fingerprint density at radius 2 is 1.95 bits per heavy atom. The maximum atomic E-state index is 12.5. The average molecular weight is 367 g/mol. The van der Waals surface area contributed by atoms with Gasteiger partial charge in [-0.3, -0.25) is 9.00 Å². The minimum absolute atomic E-state index is 0.339. The summed E-state index contributed by atoms with van der Waals surface area (Å²) in [5.41, 5.74) is 13.8. The molecule has 0 aliphatic heterocycles. The number of rotatable bonds is 4. The molecular formula is C15H15BrN2O2S. The molecule has 1 unspecified atom stereocenters. The molecule has 2 rings (SSSR count). The van der Waals surface area contributed by atoms with E-state index in [9.17, 15) is 9.00 Å². The fourth-order valence-electron chi connectivity index (χ4n) is 1.94. The Labute approximate surface area is 134 Å². The minimum Gasteiger partial charge on any atom is -0.398 e. The summed E-state index contributed by atoms with van der Waals surface area (Å²) in [5.74, 6) is -0.132. The van der Waals surface area contributed by atoms with Crippen molar-refractivity contribution in [3.63, 3.8) is 0 Å². The van der Waals surface area contributed by atoms with E-state index in [-0.39, 0.29) is 0 Å². The first-order valence-electron chi connectivity index (χ1n) is 6.21. The lowest BCUT2D eigenvalue weighted by Crippen LogP contribution is -2.11.